The lowest BCUT2D eigenvalue weighted by molar-refractivity contribution is -0.144. The molecule has 2 bridgehead atoms. The van der Waals surface area contributed by atoms with Crippen LogP contribution in [0, 0.1) is 23.2 Å². The second kappa shape index (κ2) is 6.86. The van der Waals surface area contributed by atoms with E-state index in [0.29, 0.717) is 22.0 Å². The van der Waals surface area contributed by atoms with Gasteiger partial charge in [0.15, 0.2) is 0 Å². The Morgan fingerprint density at radius 1 is 1.22 bits per heavy atom. The van der Waals surface area contributed by atoms with Gasteiger partial charge < -0.3 is 14.6 Å². The Balaban J connectivity index is 1.59. The molecule has 32 heavy (non-hydrogen) atoms. The number of imide groups is 1. The summed E-state index contributed by atoms with van der Waals surface area (Å²) in [4.78, 5) is 39.8. The van der Waals surface area contributed by atoms with Crippen molar-refractivity contribution in [3.05, 3.63) is 42.0 Å². The number of aliphatic hydroxyl groups is 1. The lowest BCUT2D eigenvalue weighted by Crippen LogP contribution is -2.49. The second-order valence-electron chi connectivity index (χ2n) is 8.92. The van der Waals surface area contributed by atoms with Crippen LogP contribution in [0.4, 0.5) is 5.69 Å². The van der Waals surface area contributed by atoms with Gasteiger partial charge in [-0.3, -0.25) is 14.4 Å². The maximum Gasteiger partial charge on any atom is 0.302 e. The number of anilines is 1. The topological polar surface area (TPSA) is 117 Å². The number of nitrogens with zero attached hydrogens (tertiary/aromatic N) is 2. The van der Waals surface area contributed by atoms with E-state index in [9.17, 15) is 24.8 Å². The van der Waals surface area contributed by atoms with Gasteiger partial charge in [-0.15, -0.1) is 0 Å². The van der Waals surface area contributed by atoms with Gasteiger partial charge in [0.05, 0.1) is 47.5 Å². The van der Waals surface area contributed by atoms with Gasteiger partial charge in [-0.05, 0) is 19.1 Å². The molecule has 0 saturated carbocycles. The standard InChI is InChI=1S/C24H22N2O6/c1-13(27)31-10-9-24-11-18(28)23(2,32-24)19-20(24)22(30)26(21(19)29)17-8-7-14(12-25)15-5-3-4-6-16(15)17/h3-8,18-20,28H,9-11H2,1-2H3. The molecule has 2 aromatic carbocycles. The Hall–Kier alpha value is -3.28. The molecule has 3 aliphatic heterocycles. The predicted molar refractivity (Wildman–Crippen MR) is 112 cm³/mol. The van der Waals surface area contributed by atoms with Crippen LogP contribution in [0.5, 0.6) is 0 Å². The summed E-state index contributed by atoms with van der Waals surface area (Å²) < 4.78 is 11.3. The van der Waals surface area contributed by atoms with Crippen LogP contribution < -0.4 is 4.90 Å². The number of carbonyl (C=O) groups is 3. The molecule has 164 valence electrons. The van der Waals surface area contributed by atoms with Crippen molar-refractivity contribution in [1.29, 1.82) is 5.26 Å². The second-order valence-corrected chi connectivity index (χ2v) is 8.92. The quantitative estimate of drug-likeness (QED) is 0.578. The third-order valence-electron chi connectivity index (χ3n) is 7.21. The molecule has 2 amide bonds. The number of rotatable bonds is 4. The molecule has 3 fully saturated rings. The number of ether oxygens (including phenoxy) is 2. The average Bonchev–Trinajstić information content (AvgIpc) is 3.29. The minimum atomic E-state index is -1.20. The van der Waals surface area contributed by atoms with Crippen LogP contribution in [-0.2, 0) is 23.9 Å². The van der Waals surface area contributed by atoms with Gasteiger partial charge in [0.1, 0.15) is 5.60 Å². The van der Waals surface area contributed by atoms with Crippen molar-refractivity contribution >= 4 is 34.2 Å². The summed E-state index contributed by atoms with van der Waals surface area (Å²) in [7, 11) is 0. The lowest BCUT2D eigenvalue weighted by atomic mass is 9.66. The van der Waals surface area contributed by atoms with Crippen LogP contribution in [0.15, 0.2) is 36.4 Å². The van der Waals surface area contributed by atoms with Crippen molar-refractivity contribution in [2.24, 2.45) is 11.8 Å². The molecule has 0 spiro atoms. The summed E-state index contributed by atoms with van der Waals surface area (Å²) in [5.74, 6) is -2.89. The largest absolute Gasteiger partial charge is 0.466 e. The molecule has 2 aromatic rings. The maximum atomic E-state index is 13.7. The van der Waals surface area contributed by atoms with Crippen molar-refractivity contribution in [2.45, 2.75) is 44.0 Å². The highest BCUT2D eigenvalue weighted by atomic mass is 16.6. The Kier molecular flexibility index (Phi) is 4.42. The van der Waals surface area contributed by atoms with Crippen LogP contribution in [-0.4, -0.2) is 46.8 Å². The monoisotopic (exact) mass is 434 g/mol. The fraction of sp³-hybridized carbons (Fsp3) is 0.417. The number of benzene rings is 2. The fourth-order valence-corrected chi connectivity index (χ4v) is 5.80. The van der Waals surface area contributed by atoms with Gasteiger partial charge in [0.2, 0.25) is 11.8 Å². The van der Waals surface area contributed by atoms with Crippen molar-refractivity contribution < 1.29 is 29.0 Å². The normalized spacial score (nSPS) is 32.9. The van der Waals surface area contributed by atoms with Gasteiger partial charge >= 0.3 is 5.97 Å². The Morgan fingerprint density at radius 3 is 2.59 bits per heavy atom. The Bertz CT molecular complexity index is 1220. The van der Waals surface area contributed by atoms with Crippen molar-refractivity contribution in [2.75, 3.05) is 11.5 Å². The van der Waals surface area contributed by atoms with E-state index in [1.54, 1.807) is 43.3 Å². The number of carbonyl (C=O) groups excluding carboxylic acids is 3. The number of aliphatic hydroxyl groups excluding tert-OH is 1. The number of esters is 1. The summed E-state index contributed by atoms with van der Waals surface area (Å²) in [5, 5.41) is 21.5. The first-order valence-electron chi connectivity index (χ1n) is 10.5. The minimum absolute atomic E-state index is 0.0304. The zero-order valence-corrected chi connectivity index (χ0v) is 17.7. The number of hydrogen-bond acceptors (Lipinski definition) is 7. The highest BCUT2D eigenvalue weighted by Crippen LogP contribution is 2.62. The van der Waals surface area contributed by atoms with Crippen molar-refractivity contribution in [3.8, 4) is 6.07 Å². The molecule has 0 radical (unpaired) electrons. The molecule has 3 aliphatic rings. The molecule has 8 nitrogen and oxygen atoms in total. The molecule has 3 saturated heterocycles. The summed E-state index contributed by atoms with van der Waals surface area (Å²) in [5.41, 5.74) is -1.42. The number of nitriles is 1. The zero-order valence-electron chi connectivity index (χ0n) is 17.7. The molecule has 0 aliphatic carbocycles. The van der Waals surface area contributed by atoms with Gasteiger partial charge in [-0.2, -0.15) is 5.26 Å². The van der Waals surface area contributed by atoms with Crippen LogP contribution in [0.3, 0.4) is 0 Å². The SMILES string of the molecule is CC(=O)OCCC12CC(O)C(C)(O1)C1C(=O)N(c3ccc(C#N)c4ccccc34)C(=O)C12. The molecule has 5 atom stereocenters. The fourth-order valence-electron chi connectivity index (χ4n) is 5.80. The smallest absolute Gasteiger partial charge is 0.302 e. The number of hydrogen-bond donors (Lipinski definition) is 1. The van der Waals surface area contributed by atoms with Gasteiger partial charge in [0, 0.05) is 30.5 Å². The molecule has 0 aromatic heterocycles. The predicted octanol–water partition coefficient (Wildman–Crippen LogP) is 2.06. The maximum absolute atomic E-state index is 13.7. The number of amides is 2. The van der Waals surface area contributed by atoms with E-state index in [2.05, 4.69) is 6.07 Å². The molecule has 5 unspecified atom stereocenters. The van der Waals surface area contributed by atoms with E-state index in [-0.39, 0.29) is 19.4 Å². The first-order valence-corrected chi connectivity index (χ1v) is 10.5. The van der Waals surface area contributed by atoms with E-state index < -0.39 is 46.9 Å². The first kappa shape index (κ1) is 20.6. The van der Waals surface area contributed by atoms with Crippen LogP contribution in [0.25, 0.3) is 10.8 Å². The van der Waals surface area contributed by atoms with E-state index >= 15 is 0 Å². The summed E-state index contributed by atoms with van der Waals surface area (Å²) in [6, 6.07) is 12.5. The zero-order chi connectivity index (χ0) is 22.8. The molecular formula is C24H22N2O6. The molecule has 5 rings (SSSR count). The van der Waals surface area contributed by atoms with Crippen LogP contribution >= 0.6 is 0 Å². The molecule has 1 N–H and O–H groups in total. The van der Waals surface area contributed by atoms with Gasteiger partial charge in [0.25, 0.3) is 0 Å². The number of fused-ring (bicyclic) bond motifs is 6. The molecular weight excluding hydrogens is 412 g/mol. The van der Waals surface area contributed by atoms with E-state index in [1.807, 2.05) is 0 Å². The van der Waals surface area contributed by atoms with Gasteiger partial charge in [-0.1, -0.05) is 24.3 Å². The first-order chi connectivity index (χ1) is 15.2. The summed E-state index contributed by atoms with van der Waals surface area (Å²) in [6.07, 6.45) is -0.524. The third kappa shape index (κ3) is 2.58. The van der Waals surface area contributed by atoms with E-state index in [0.717, 1.165) is 0 Å². The highest BCUT2D eigenvalue weighted by Gasteiger charge is 2.77. The summed E-state index contributed by atoms with van der Waals surface area (Å²) in [6.45, 7) is 3.00. The van der Waals surface area contributed by atoms with Crippen molar-refractivity contribution in [3.63, 3.8) is 0 Å². The van der Waals surface area contributed by atoms with E-state index in [4.69, 9.17) is 9.47 Å². The van der Waals surface area contributed by atoms with Crippen LogP contribution in [0.1, 0.15) is 32.3 Å². The molecule has 3 heterocycles. The highest BCUT2D eigenvalue weighted by molar-refractivity contribution is 6.26. The van der Waals surface area contributed by atoms with Gasteiger partial charge in [-0.25, -0.2) is 4.90 Å². The third-order valence-corrected chi connectivity index (χ3v) is 7.21. The lowest BCUT2D eigenvalue weighted by Gasteiger charge is -2.33. The Morgan fingerprint density at radius 2 is 1.91 bits per heavy atom. The van der Waals surface area contributed by atoms with Crippen molar-refractivity contribution in [1.82, 2.24) is 0 Å². The average molecular weight is 434 g/mol. The van der Waals surface area contributed by atoms with Crippen LogP contribution in [0.2, 0.25) is 0 Å². The van der Waals surface area contributed by atoms with E-state index in [1.165, 1.54) is 11.8 Å². The Labute approximate surface area is 184 Å². The minimum Gasteiger partial charge on any atom is -0.466 e. The summed E-state index contributed by atoms with van der Waals surface area (Å²) >= 11 is 0. The molecule has 8 heteroatoms.